The summed E-state index contributed by atoms with van der Waals surface area (Å²) in [7, 11) is 0. The summed E-state index contributed by atoms with van der Waals surface area (Å²) in [6.45, 7) is 0. The number of hydrogen-bond donors (Lipinski definition) is 0. The maximum atomic E-state index is 5.09. The maximum absolute atomic E-state index is 5.09. The SMILES string of the molecule is c1ccc(-c2cc(-c3ccccc3)c(-c3nnnc(-c4ccccc4)c3-c3ccccc3)c(-c3cccc4sc5ccccc5c34)c2-c2ccccc2)cc1. The summed E-state index contributed by atoms with van der Waals surface area (Å²) in [5, 5.41) is 16.9. The zero-order valence-corrected chi connectivity index (χ0v) is 30.6. The van der Waals surface area contributed by atoms with Gasteiger partial charge >= 0.3 is 0 Å². The topological polar surface area (TPSA) is 38.7 Å². The Balaban J connectivity index is 1.48. The molecule has 0 saturated heterocycles. The quantitative estimate of drug-likeness (QED) is 0.165. The van der Waals surface area contributed by atoms with Crippen molar-refractivity contribution in [1.29, 1.82) is 0 Å². The van der Waals surface area contributed by atoms with E-state index in [4.69, 9.17) is 10.2 Å². The fourth-order valence-electron chi connectivity index (χ4n) is 7.95. The van der Waals surface area contributed by atoms with E-state index in [9.17, 15) is 0 Å². The summed E-state index contributed by atoms with van der Waals surface area (Å²) in [6, 6.07) is 71.1. The maximum Gasteiger partial charge on any atom is 0.106 e. The van der Waals surface area contributed by atoms with E-state index in [0.717, 1.165) is 78.1 Å². The third-order valence-corrected chi connectivity index (χ3v) is 11.5. The van der Waals surface area contributed by atoms with Gasteiger partial charge in [0.1, 0.15) is 11.4 Å². The number of aromatic nitrogens is 3. The predicted octanol–water partition coefficient (Wildman–Crippen LogP) is 13.9. The van der Waals surface area contributed by atoms with Gasteiger partial charge < -0.3 is 0 Å². The van der Waals surface area contributed by atoms with Crippen molar-refractivity contribution < 1.29 is 0 Å². The molecule has 8 aromatic carbocycles. The monoisotopic (exact) mass is 719 g/mol. The average molecular weight is 720 g/mol. The molecule has 0 unspecified atom stereocenters. The summed E-state index contributed by atoms with van der Waals surface area (Å²) in [4.78, 5) is 0. The smallest absolute Gasteiger partial charge is 0.106 e. The molecule has 0 N–H and O–H groups in total. The predicted molar refractivity (Wildman–Crippen MR) is 231 cm³/mol. The van der Waals surface area contributed by atoms with E-state index in [-0.39, 0.29) is 0 Å². The number of nitrogens with zero attached hydrogens (tertiary/aromatic N) is 3. The zero-order valence-electron chi connectivity index (χ0n) is 29.8. The van der Waals surface area contributed by atoms with E-state index in [0.29, 0.717) is 0 Å². The van der Waals surface area contributed by atoms with Crippen LogP contribution >= 0.6 is 11.3 Å². The van der Waals surface area contributed by atoms with Crippen LogP contribution in [0.2, 0.25) is 0 Å². The number of fused-ring (bicyclic) bond motifs is 3. The van der Waals surface area contributed by atoms with Gasteiger partial charge in [-0.1, -0.05) is 182 Å². The Morgan fingerprint density at radius 3 is 1.40 bits per heavy atom. The third-order valence-electron chi connectivity index (χ3n) is 10.3. The molecule has 0 spiro atoms. The minimum absolute atomic E-state index is 0.780. The van der Waals surface area contributed by atoms with Crippen LogP contribution in [0.15, 0.2) is 200 Å². The molecule has 0 aliphatic heterocycles. The highest BCUT2D eigenvalue weighted by Crippen LogP contribution is 2.54. The van der Waals surface area contributed by atoms with Crippen molar-refractivity contribution >= 4 is 31.5 Å². The summed E-state index contributed by atoms with van der Waals surface area (Å²) in [6.07, 6.45) is 0. The van der Waals surface area contributed by atoms with Crippen molar-refractivity contribution in [2.45, 2.75) is 0 Å². The second-order valence-electron chi connectivity index (χ2n) is 13.6. The third kappa shape index (κ3) is 5.81. The highest BCUT2D eigenvalue weighted by atomic mass is 32.1. The zero-order chi connectivity index (χ0) is 36.6. The van der Waals surface area contributed by atoms with Crippen LogP contribution in [-0.4, -0.2) is 15.4 Å². The fourth-order valence-corrected chi connectivity index (χ4v) is 9.08. The molecular formula is C51H33N3S. The molecule has 2 aromatic heterocycles. The molecule has 3 nitrogen and oxygen atoms in total. The summed E-state index contributed by atoms with van der Waals surface area (Å²) in [5.41, 5.74) is 14.5. The Labute approximate surface area is 323 Å². The first-order valence-corrected chi connectivity index (χ1v) is 19.3. The minimum Gasteiger partial charge on any atom is -0.135 e. The molecule has 0 amide bonds. The molecule has 0 radical (unpaired) electrons. The van der Waals surface area contributed by atoms with Gasteiger partial charge in [-0.3, -0.25) is 0 Å². The largest absolute Gasteiger partial charge is 0.135 e. The van der Waals surface area contributed by atoms with Gasteiger partial charge in [0.15, 0.2) is 0 Å². The molecule has 258 valence electrons. The second-order valence-corrected chi connectivity index (χ2v) is 14.6. The molecule has 0 aliphatic rings. The molecule has 0 bridgehead atoms. The van der Waals surface area contributed by atoms with E-state index >= 15 is 0 Å². The minimum atomic E-state index is 0.780. The van der Waals surface area contributed by atoms with Crippen molar-refractivity contribution in [1.82, 2.24) is 15.4 Å². The van der Waals surface area contributed by atoms with Crippen molar-refractivity contribution in [3.8, 4) is 78.1 Å². The number of benzene rings is 8. The Morgan fingerprint density at radius 1 is 0.309 bits per heavy atom. The van der Waals surface area contributed by atoms with Crippen molar-refractivity contribution in [3.63, 3.8) is 0 Å². The standard InChI is InChI=1S/C51H33N3S/c1-6-19-34(20-7-1)41-33-42(35-21-8-2-9-22-35)49(51-46(37-25-12-4-13-26-37)50(52-54-53-51)38-27-14-5-15-28-38)48(45(41)36-23-10-3-11-24-36)40-30-18-32-44-47(40)39-29-16-17-31-43(39)55-44/h1-33H. The van der Waals surface area contributed by atoms with Crippen LogP contribution in [0.25, 0.3) is 98.3 Å². The van der Waals surface area contributed by atoms with E-state index < -0.39 is 0 Å². The van der Waals surface area contributed by atoms with E-state index in [2.05, 4.69) is 199 Å². The molecule has 0 aliphatic carbocycles. The highest BCUT2D eigenvalue weighted by Gasteiger charge is 2.29. The molecule has 0 saturated carbocycles. The van der Waals surface area contributed by atoms with Crippen LogP contribution in [0, 0.1) is 0 Å². The van der Waals surface area contributed by atoms with Crippen LogP contribution in [0.5, 0.6) is 0 Å². The molecule has 2 heterocycles. The molecular weight excluding hydrogens is 687 g/mol. The number of rotatable bonds is 7. The van der Waals surface area contributed by atoms with Gasteiger partial charge in [0, 0.05) is 42.4 Å². The lowest BCUT2D eigenvalue weighted by atomic mass is 9.78. The molecule has 10 rings (SSSR count). The van der Waals surface area contributed by atoms with Gasteiger partial charge in [0.2, 0.25) is 0 Å². The van der Waals surface area contributed by atoms with Gasteiger partial charge in [-0.25, -0.2) is 0 Å². The second kappa shape index (κ2) is 14.1. The van der Waals surface area contributed by atoms with Gasteiger partial charge in [0.25, 0.3) is 0 Å². The number of hydrogen-bond acceptors (Lipinski definition) is 4. The summed E-state index contributed by atoms with van der Waals surface area (Å²) < 4.78 is 2.50. The normalized spacial score (nSPS) is 11.3. The van der Waals surface area contributed by atoms with Crippen molar-refractivity contribution in [2.75, 3.05) is 0 Å². The van der Waals surface area contributed by atoms with Crippen LogP contribution in [0.3, 0.4) is 0 Å². The Bertz CT molecular complexity index is 2940. The fraction of sp³-hybridized carbons (Fsp3) is 0. The Morgan fingerprint density at radius 2 is 0.782 bits per heavy atom. The van der Waals surface area contributed by atoms with Crippen molar-refractivity contribution in [2.24, 2.45) is 0 Å². The summed E-state index contributed by atoms with van der Waals surface area (Å²) in [5.74, 6) is 0. The lowest BCUT2D eigenvalue weighted by Gasteiger charge is -2.25. The van der Waals surface area contributed by atoms with E-state index in [1.54, 1.807) is 0 Å². The molecule has 0 atom stereocenters. The van der Waals surface area contributed by atoms with E-state index in [1.807, 2.05) is 17.4 Å². The lowest BCUT2D eigenvalue weighted by Crippen LogP contribution is -2.04. The molecule has 55 heavy (non-hydrogen) atoms. The van der Waals surface area contributed by atoms with Gasteiger partial charge in [-0.05, 0) is 67.9 Å². The van der Waals surface area contributed by atoms with E-state index in [1.165, 1.54) is 20.2 Å². The first-order valence-electron chi connectivity index (χ1n) is 18.5. The first kappa shape index (κ1) is 32.6. The highest BCUT2D eigenvalue weighted by molar-refractivity contribution is 7.25. The van der Waals surface area contributed by atoms with Gasteiger partial charge in [-0.2, -0.15) is 0 Å². The van der Waals surface area contributed by atoms with Crippen LogP contribution < -0.4 is 0 Å². The van der Waals surface area contributed by atoms with Crippen LogP contribution in [0.4, 0.5) is 0 Å². The van der Waals surface area contributed by atoms with Gasteiger partial charge in [0.05, 0.1) is 0 Å². The summed E-state index contributed by atoms with van der Waals surface area (Å²) >= 11 is 1.84. The molecule has 0 fully saturated rings. The van der Waals surface area contributed by atoms with Crippen LogP contribution in [0.1, 0.15) is 0 Å². The molecule has 4 heteroatoms. The van der Waals surface area contributed by atoms with Crippen molar-refractivity contribution in [3.05, 3.63) is 200 Å². The Kier molecular flexibility index (Phi) is 8.36. The van der Waals surface area contributed by atoms with Gasteiger partial charge in [-0.15, -0.1) is 21.5 Å². The Hall–Kier alpha value is -7.01. The first-order chi connectivity index (χ1) is 27.3. The van der Waals surface area contributed by atoms with Crippen LogP contribution in [-0.2, 0) is 0 Å². The number of thiophene rings is 1. The average Bonchev–Trinajstić information content (AvgIpc) is 3.66. The molecule has 10 aromatic rings. The lowest BCUT2D eigenvalue weighted by molar-refractivity contribution is 0.879.